The summed E-state index contributed by atoms with van der Waals surface area (Å²) in [5.41, 5.74) is 3.02. The van der Waals surface area contributed by atoms with Gasteiger partial charge in [0.1, 0.15) is 0 Å². The standard InChI is InChI=1S/C31H34N4O2/c1-3-27(23-12-6-4-7-13-23)33-30(36)29-25-16-10-11-17-26(25)31(37)35(24-14-8-5-9-15-24)28(29)21-34-19-18-32-22(2)20-34/h4-17,22,27,32H,3,18-21H2,1-2H3,(H,33,36)/t22?,27-/m0/s1. The predicted molar refractivity (Wildman–Crippen MR) is 149 cm³/mol. The summed E-state index contributed by atoms with van der Waals surface area (Å²) in [5, 5.41) is 8.01. The number of fused-ring (bicyclic) bond motifs is 1. The molecular formula is C31H34N4O2. The summed E-state index contributed by atoms with van der Waals surface area (Å²) in [7, 11) is 0. The van der Waals surface area contributed by atoms with E-state index in [0.29, 0.717) is 28.9 Å². The smallest absolute Gasteiger partial charge is 0.263 e. The topological polar surface area (TPSA) is 66.4 Å². The molecule has 6 nitrogen and oxygen atoms in total. The van der Waals surface area contributed by atoms with Crippen LogP contribution in [0.3, 0.4) is 0 Å². The van der Waals surface area contributed by atoms with Gasteiger partial charge in [0.05, 0.1) is 17.3 Å². The van der Waals surface area contributed by atoms with Gasteiger partial charge in [0.2, 0.25) is 0 Å². The van der Waals surface area contributed by atoms with Gasteiger partial charge in [-0.3, -0.25) is 19.1 Å². The normalized spacial score (nSPS) is 17.0. The maximum Gasteiger partial charge on any atom is 0.263 e. The van der Waals surface area contributed by atoms with E-state index in [1.165, 1.54) is 0 Å². The van der Waals surface area contributed by atoms with Crippen LogP contribution in [0.15, 0.2) is 89.7 Å². The van der Waals surface area contributed by atoms with E-state index < -0.39 is 0 Å². The number of pyridine rings is 1. The number of hydrogen-bond acceptors (Lipinski definition) is 4. The van der Waals surface area contributed by atoms with Gasteiger partial charge in [0.15, 0.2) is 0 Å². The number of rotatable bonds is 7. The second-order valence-electron chi connectivity index (χ2n) is 9.78. The van der Waals surface area contributed by atoms with Crippen LogP contribution in [0, 0.1) is 0 Å². The summed E-state index contributed by atoms with van der Waals surface area (Å²) in [4.78, 5) is 30.4. The minimum atomic E-state index is -0.158. The summed E-state index contributed by atoms with van der Waals surface area (Å²) in [6.07, 6.45) is 0.761. The van der Waals surface area contributed by atoms with Gasteiger partial charge in [0, 0.05) is 48.7 Å². The third-order valence-corrected chi connectivity index (χ3v) is 7.17. The molecule has 1 aliphatic rings. The van der Waals surface area contributed by atoms with E-state index in [9.17, 15) is 9.59 Å². The summed E-state index contributed by atoms with van der Waals surface area (Å²) >= 11 is 0. The summed E-state index contributed by atoms with van der Waals surface area (Å²) in [6, 6.07) is 27.4. The van der Waals surface area contributed by atoms with Crippen molar-refractivity contribution in [3.8, 4) is 5.69 Å². The fourth-order valence-electron chi connectivity index (χ4n) is 5.36. The van der Waals surface area contributed by atoms with Crippen molar-refractivity contribution >= 4 is 16.7 Å². The summed E-state index contributed by atoms with van der Waals surface area (Å²) in [5.74, 6) is -0.158. The van der Waals surface area contributed by atoms with Gasteiger partial charge in [-0.25, -0.2) is 0 Å². The highest BCUT2D eigenvalue weighted by molar-refractivity contribution is 6.08. The molecule has 0 saturated carbocycles. The Kier molecular flexibility index (Phi) is 7.49. The number of hydrogen-bond donors (Lipinski definition) is 2. The van der Waals surface area contributed by atoms with E-state index in [1.807, 2.05) is 84.9 Å². The molecule has 0 aliphatic carbocycles. The van der Waals surface area contributed by atoms with Crippen LogP contribution in [0.2, 0.25) is 0 Å². The zero-order chi connectivity index (χ0) is 25.8. The first-order valence-corrected chi connectivity index (χ1v) is 13.1. The van der Waals surface area contributed by atoms with Gasteiger partial charge in [0.25, 0.3) is 11.5 Å². The van der Waals surface area contributed by atoms with Crippen LogP contribution >= 0.6 is 0 Å². The van der Waals surface area contributed by atoms with Crippen molar-refractivity contribution in [2.24, 2.45) is 0 Å². The first-order valence-electron chi connectivity index (χ1n) is 13.1. The lowest BCUT2D eigenvalue weighted by atomic mass is 9.99. The Morgan fingerprint density at radius 3 is 2.30 bits per heavy atom. The van der Waals surface area contributed by atoms with Gasteiger partial charge < -0.3 is 10.6 Å². The van der Waals surface area contributed by atoms with Crippen molar-refractivity contribution < 1.29 is 4.79 Å². The lowest BCUT2D eigenvalue weighted by Gasteiger charge is -2.33. The van der Waals surface area contributed by atoms with Crippen LogP contribution in [-0.2, 0) is 6.54 Å². The molecule has 2 N–H and O–H groups in total. The first-order chi connectivity index (χ1) is 18.1. The second kappa shape index (κ2) is 11.1. The Morgan fingerprint density at radius 2 is 1.62 bits per heavy atom. The average Bonchev–Trinajstić information content (AvgIpc) is 2.93. The predicted octanol–water partition coefficient (Wildman–Crippen LogP) is 4.67. The molecule has 5 rings (SSSR count). The third-order valence-electron chi connectivity index (χ3n) is 7.17. The molecule has 190 valence electrons. The Bertz CT molecular complexity index is 1430. The van der Waals surface area contributed by atoms with Crippen molar-refractivity contribution in [1.29, 1.82) is 0 Å². The molecule has 1 saturated heterocycles. The minimum Gasteiger partial charge on any atom is -0.345 e. The number of nitrogens with zero attached hydrogens (tertiary/aromatic N) is 2. The van der Waals surface area contributed by atoms with Crippen LogP contribution in [0.25, 0.3) is 16.5 Å². The molecule has 2 heterocycles. The molecule has 1 aliphatic heterocycles. The number of carbonyl (C=O) groups is 1. The molecule has 0 bridgehead atoms. The maximum absolute atomic E-state index is 14.2. The van der Waals surface area contributed by atoms with Crippen LogP contribution in [-0.4, -0.2) is 41.1 Å². The Morgan fingerprint density at radius 1 is 0.973 bits per heavy atom. The van der Waals surface area contributed by atoms with Gasteiger partial charge >= 0.3 is 0 Å². The number of amides is 1. The first kappa shape index (κ1) is 24.9. The van der Waals surface area contributed by atoms with Gasteiger partial charge in [-0.2, -0.15) is 0 Å². The zero-order valence-corrected chi connectivity index (χ0v) is 21.5. The fourth-order valence-corrected chi connectivity index (χ4v) is 5.36. The van der Waals surface area contributed by atoms with E-state index in [2.05, 4.69) is 29.4 Å². The molecular weight excluding hydrogens is 460 g/mol. The highest BCUT2D eigenvalue weighted by Gasteiger charge is 2.27. The number of aromatic nitrogens is 1. The molecule has 0 radical (unpaired) electrons. The van der Waals surface area contributed by atoms with Gasteiger partial charge in [-0.1, -0.05) is 73.7 Å². The SMILES string of the molecule is CC[C@H](NC(=O)c1c(CN2CCNC(C)C2)n(-c2ccccc2)c(=O)c2ccccc12)c1ccccc1. The molecule has 1 amide bonds. The van der Waals surface area contributed by atoms with Crippen LogP contribution in [0.5, 0.6) is 0 Å². The highest BCUT2D eigenvalue weighted by Crippen LogP contribution is 2.26. The second-order valence-corrected chi connectivity index (χ2v) is 9.78. The molecule has 2 atom stereocenters. The van der Waals surface area contributed by atoms with Crippen molar-refractivity contribution in [3.63, 3.8) is 0 Å². The number of benzene rings is 3. The molecule has 6 heteroatoms. The van der Waals surface area contributed by atoms with E-state index in [4.69, 9.17) is 0 Å². The van der Waals surface area contributed by atoms with Crippen molar-refractivity contribution in [1.82, 2.24) is 20.1 Å². The average molecular weight is 495 g/mol. The monoisotopic (exact) mass is 494 g/mol. The number of para-hydroxylation sites is 1. The Hall–Kier alpha value is -3.74. The number of nitrogens with one attached hydrogen (secondary N) is 2. The van der Waals surface area contributed by atoms with Gasteiger partial charge in [-0.05, 0) is 37.1 Å². The lowest BCUT2D eigenvalue weighted by Crippen LogP contribution is -2.49. The fraction of sp³-hybridized carbons (Fsp3) is 0.290. The summed E-state index contributed by atoms with van der Waals surface area (Å²) in [6.45, 7) is 7.31. The van der Waals surface area contributed by atoms with Crippen LogP contribution in [0.1, 0.15) is 47.9 Å². The van der Waals surface area contributed by atoms with Crippen molar-refractivity contribution in [3.05, 3.63) is 112 Å². The molecule has 1 unspecified atom stereocenters. The zero-order valence-electron chi connectivity index (χ0n) is 21.5. The number of carbonyl (C=O) groups excluding carboxylic acids is 1. The van der Waals surface area contributed by atoms with Crippen LogP contribution < -0.4 is 16.2 Å². The summed E-state index contributed by atoms with van der Waals surface area (Å²) < 4.78 is 1.74. The van der Waals surface area contributed by atoms with E-state index in [0.717, 1.165) is 43.0 Å². The third kappa shape index (κ3) is 5.22. The molecule has 3 aromatic carbocycles. The van der Waals surface area contributed by atoms with Crippen LogP contribution in [0.4, 0.5) is 0 Å². The molecule has 4 aromatic rings. The van der Waals surface area contributed by atoms with E-state index in [-0.39, 0.29) is 17.5 Å². The largest absolute Gasteiger partial charge is 0.345 e. The van der Waals surface area contributed by atoms with Crippen molar-refractivity contribution in [2.75, 3.05) is 19.6 Å². The Labute approximate surface area is 217 Å². The van der Waals surface area contributed by atoms with E-state index in [1.54, 1.807) is 4.57 Å². The Balaban J connectivity index is 1.70. The van der Waals surface area contributed by atoms with E-state index >= 15 is 0 Å². The molecule has 0 spiro atoms. The minimum absolute atomic E-state index is 0.105. The van der Waals surface area contributed by atoms with Crippen molar-refractivity contribution in [2.45, 2.75) is 38.9 Å². The van der Waals surface area contributed by atoms with Gasteiger partial charge in [-0.15, -0.1) is 0 Å². The lowest BCUT2D eigenvalue weighted by molar-refractivity contribution is 0.0933. The number of piperazine rings is 1. The molecule has 1 fully saturated rings. The highest BCUT2D eigenvalue weighted by atomic mass is 16.2. The molecule has 1 aromatic heterocycles. The maximum atomic E-state index is 14.2. The quantitative estimate of drug-likeness (QED) is 0.392. The molecule has 37 heavy (non-hydrogen) atoms.